The van der Waals surface area contributed by atoms with Crippen molar-refractivity contribution in [2.45, 2.75) is 19.4 Å². The summed E-state index contributed by atoms with van der Waals surface area (Å²) in [5, 5.41) is 2.78. The van der Waals surface area contributed by atoms with Crippen LogP contribution < -0.4 is 14.8 Å². The number of benzene rings is 2. The SMILES string of the molecule is CC[C@H](Oc1cccc(OC)c1)C(=O)Nc1ccc(C(=O)OC)cc1. The molecule has 0 saturated heterocycles. The Balaban J connectivity index is 2.02. The smallest absolute Gasteiger partial charge is 0.337 e. The third-order valence-corrected chi connectivity index (χ3v) is 3.56. The Bertz CT molecular complexity index is 727. The summed E-state index contributed by atoms with van der Waals surface area (Å²) in [5.74, 6) is 0.523. The third kappa shape index (κ3) is 4.97. The molecule has 0 unspecified atom stereocenters. The first kappa shape index (κ1) is 18.3. The molecule has 0 aromatic heterocycles. The topological polar surface area (TPSA) is 73.9 Å². The maximum Gasteiger partial charge on any atom is 0.337 e. The molecule has 0 bridgehead atoms. The van der Waals surface area contributed by atoms with Crippen LogP contribution in [0.15, 0.2) is 48.5 Å². The number of carbonyl (C=O) groups excluding carboxylic acids is 2. The number of ether oxygens (including phenoxy) is 3. The predicted octanol–water partition coefficient (Wildman–Crippen LogP) is 3.28. The van der Waals surface area contributed by atoms with E-state index < -0.39 is 12.1 Å². The van der Waals surface area contributed by atoms with Crippen molar-refractivity contribution < 1.29 is 23.8 Å². The molecule has 2 aromatic rings. The van der Waals surface area contributed by atoms with E-state index in [1.807, 2.05) is 6.92 Å². The molecule has 0 fully saturated rings. The number of hydrogen-bond acceptors (Lipinski definition) is 5. The maximum absolute atomic E-state index is 12.4. The summed E-state index contributed by atoms with van der Waals surface area (Å²) in [6.07, 6.45) is -0.143. The fourth-order valence-corrected chi connectivity index (χ4v) is 2.19. The second-order valence-electron chi connectivity index (χ2n) is 5.25. The summed E-state index contributed by atoms with van der Waals surface area (Å²) in [4.78, 5) is 23.8. The van der Waals surface area contributed by atoms with Gasteiger partial charge in [0.15, 0.2) is 6.10 Å². The Morgan fingerprint density at radius 1 is 1.04 bits per heavy atom. The summed E-state index contributed by atoms with van der Waals surface area (Å²) in [6, 6.07) is 13.5. The summed E-state index contributed by atoms with van der Waals surface area (Å²) >= 11 is 0. The normalized spacial score (nSPS) is 11.3. The van der Waals surface area contributed by atoms with E-state index in [-0.39, 0.29) is 5.91 Å². The van der Waals surface area contributed by atoms with Crippen molar-refractivity contribution in [3.05, 3.63) is 54.1 Å². The molecule has 2 aromatic carbocycles. The maximum atomic E-state index is 12.4. The number of hydrogen-bond donors (Lipinski definition) is 1. The third-order valence-electron chi connectivity index (χ3n) is 3.56. The largest absolute Gasteiger partial charge is 0.497 e. The molecule has 2 rings (SSSR count). The lowest BCUT2D eigenvalue weighted by atomic mass is 10.2. The zero-order chi connectivity index (χ0) is 18.2. The zero-order valence-electron chi connectivity index (χ0n) is 14.4. The van der Waals surface area contributed by atoms with Gasteiger partial charge in [0.05, 0.1) is 19.8 Å². The number of rotatable bonds is 7. The standard InChI is InChI=1S/C19H21NO5/c1-4-17(25-16-7-5-6-15(12-16)23-2)18(21)20-14-10-8-13(9-11-14)19(22)24-3/h5-12,17H,4H2,1-3H3,(H,20,21)/t17-/m0/s1. The molecule has 0 heterocycles. The van der Waals surface area contributed by atoms with Crippen LogP contribution in [-0.2, 0) is 9.53 Å². The Morgan fingerprint density at radius 3 is 2.32 bits per heavy atom. The Labute approximate surface area is 146 Å². The quantitative estimate of drug-likeness (QED) is 0.781. The first-order chi connectivity index (χ1) is 12.1. The highest BCUT2D eigenvalue weighted by molar-refractivity contribution is 5.95. The van der Waals surface area contributed by atoms with Gasteiger partial charge in [0.2, 0.25) is 0 Å². The molecule has 0 aliphatic heterocycles. The van der Waals surface area contributed by atoms with Crippen LogP contribution in [-0.4, -0.2) is 32.2 Å². The van der Waals surface area contributed by atoms with Crippen molar-refractivity contribution in [1.29, 1.82) is 0 Å². The molecule has 0 spiro atoms. The molecular weight excluding hydrogens is 322 g/mol. The lowest BCUT2D eigenvalue weighted by Gasteiger charge is -2.17. The first-order valence-electron chi connectivity index (χ1n) is 7.87. The molecule has 1 amide bonds. The van der Waals surface area contributed by atoms with E-state index in [1.165, 1.54) is 7.11 Å². The second kappa shape index (κ2) is 8.73. The Kier molecular flexibility index (Phi) is 6.39. The summed E-state index contributed by atoms with van der Waals surface area (Å²) in [7, 11) is 2.89. The number of carbonyl (C=O) groups is 2. The lowest BCUT2D eigenvalue weighted by molar-refractivity contribution is -0.122. The van der Waals surface area contributed by atoms with Gasteiger partial charge in [0.1, 0.15) is 11.5 Å². The lowest BCUT2D eigenvalue weighted by Crippen LogP contribution is -2.32. The Morgan fingerprint density at radius 2 is 1.72 bits per heavy atom. The van der Waals surface area contributed by atoms with Crippen LogP contribution in [0.2, 0.25) is 0 Å². The first-order valence-corrected chi connectivity index (χ1v) is 7.87. The zero-order valence-corrected chi connectivity index (χ0v) is 14.4. The van der Waals surface area contributed by atoms with Crippen LogP contribution in [0.1, 0.15) is 23.7 Å². The fraction of sp³-hybridized carbons (Fsp3) is 0.263. The molecule has 0 aliphatic carbocycles. The van der Waals surface area contributed by atoms with E-state index in [1.54, 1.807) is 55.6 Å². The number of esters is 1. The molecule has 0 saturated carbocycles. The van der Waals surface area contributed by atoms with Gasteiger partial charge in [0, 0.05) is 11.8 Å². The van der Waals surface area contributed by atoms with Gasteiger partial charge < -0.3 is 19.5 Å². The van der Waals surface area contributed by atoms with Crippen molar-refractivity contribution in [1.82, 2.24) is 0 Å². The van der Waals surface area contributed by atoms with Crippen molar-refractivity contribution in [3.63, 3.8) is 0 Å². The molecule has 6 nitrogen and oxygen atoms in total. The van der Waals surface area contributed by atoms with Crippen molar-refractivity contribution in [2.24, 2.45) is 0 Å². The van der Waals surface area contributed by atoms with E-state index in [9.17, 15) is 9.59 Å². The minimum Gasteiger partial charge on any atom is -0.497 e. The van der Waals surface area contributed by atoms with Gasteiger partial charge in [-0.25, -0.2) is 4.79 Å². The predicted molar refractivity (Wildman–Crippen MR) is 94.1 cm³/mol. The molecular formula is C19H21NO5. The van der Waals surface area contributed by atoms with Gasteiger partial charge >= 0.3 is 5.97 Å². The van der Waals surface area contributed by atoms with E-state index >= 15 is 0 Å². The van der Waals surface area contributed by atoms with Crippen molar-refractivity contribution in [2.75, 3.05) is 19.5 Å². The highest BCUT2D eigenvalue weighted by Gasteiger charge is 2.19. The summed E-state index contributed by atoms with van der Waals surface area (Å²) < 4.78 is 15.5. The molecule has 1 N–H and O–H groups in total. The van der Waals surface area contributed by atoms with Crippen molar-refractivity contribution >= 4 is 17.6 Å². The molecule has 25 heavy (non-hydrogen) atoms. The minimum absolute atomic E-state index is 0.267. The summed E-state index contributed by atoms with van der Waals surface area (Å²) in [5.41, 5.74) is 0.991. The van der Waals surface area contributed by atoms with E-state index in [0.29, 0.717) is 29.2 Å². The van der Waals surface area contributed by atoms with E-state index in [0.717, 1.165) is 0 Å². The molecule has 0 aliphatic rings. The van der Waals surface area contributed by atoms with Crippen LogP contribution >= 0.6 is 0 Å². The second-order valence-corrected chi connectivity index (χ2v) is 5.25. The number of nitrogens with one attached hydrogen (secondary N) is 1. The molecule has 6 heteroatoms. The highest BCUT2D eigenvalue weighted by Crippen LogP contribution is 2.21. The van der Waals surface area contributed by atoms with Crippen molar-refractivity contribution in [3.8, 4) is 11.5 Å². The van der Waals surface area contributed by atoms with Gasteiger partial charge in [-0.15, -0.1) is 0 Å². The number of methoxy groups -OCH3 is 2. The van der Waals surface area contributed by atoms with Gasteiger partial charge in [-0.3, -0.25) is 4.79 Å². The highest BCUT2D eigenvalue weighted by atomic mass is 16.5. The van der Waals surface area contributed by atoms with Crippen LogP contribution in [0.5, 0.6) is 11.5 Å². The fourth-order valence-electron chi connectivity index (χ4n) is 2.19. The average Bonchev–Trinajstić information content (AvgIpc) is 2.66. The van der Waals surface area contributed by atoms with Crippen LogP contribution in [0, 0.1) is 0 Å². The van der Waals surface area contributed by atoms with Gasteiger partial charge in [-0.2, -0.15) is 0 Å². The van der Waals surface area contributed by atoms with Crippen LogP contribution in [0.3, 0.4) is 0 Å². The monoisotopic (exact) mass is 343 g/mol. The molecule has 1 atom stereocenters. The average molecular weight is 343 g/mol. The van der Waals surface area contributed by atoms with E-state index in [4.69, 9.17) is 9.47 Å². The van der Waals surface area contributed by atoms with Gasteiger partial charge in [-0.05, 0) is 42.8 Å². The van der Waals surface area contributed by atoms with Crippen LogP contribution in [0.25, 0.3) is 0 Å². The van der Waals surface area contributed by atoms with Gasteiger partial charge in [0.25, 0.3) is 5.91 Å². The summed E-state index contributed by atoms with van der Waals surface area (Å²) in [6.45, 7) is 1.87. The number of amides is 1. The Hall–Kier alpha value is -3.02. The van der Waals surface area contributed by atoms with E-state index in [2.05, 4.69) is 10.1 Å². The molecule has 0 radical (unpaired) electrons. The van der Waals surface area contributed by atoms with Crippen LogP contribution in [0.4, 0.5) is 5.69 Å². The minimum atomic E-state index is -0.646. The van der Waals surface area contributed by atoms with Gasteiger partial charge in [-0.1, -0.05) is 13.0 Å². The number of anilines is 1. The molecule has 132 valence electrons.